The number of hydrogen-bond acceptors (Lipinski definition) is 7. The molecule has 2 N–H and O–H groups in total. The Labute approximate surface area is 299 Å². The number of unbranched alkanes of at least 4 members (excludes halogenated alkanes) is 4. The third-order valence-electron chi connectivity index (χ3n) is 9.09. The molecule has 264 valence electrons. The smallest absolute Gasteiger partial charge is 0.312 e. The highest BCUT2D eigenvalue weighted by atomic mass is 32.1. The monoisotopic (exact) mass is 696 g/mol. The van der Waals surface area contributed by atoms with Gasteiger partial charge in [0, 0.05) is 47.9 Å². The number of rotatable bonds is 15. The van der Waals surface area contributed by atoms with Crippen molar-refractivity contribution in [3.8, 4) is 28.3 Å². The SMILES string of the molecule is CCCCCCCOc1ccc(-c2cnc(-c3ccc(CC(NC(=O)c4ccc(C(C)(C)C)s4)C(=O)N4CC(C)(C(=O)O)C4)cc3)nc2)cc1. The van der Waals surface area contributed by atoms with E-state index in [1.54, 1.807) is 25.4 Å². The van der Waals surface area contributed by atoms with E-state index in [0.29, 0.717) is 10.7 Å². The van der Waals surface area contributed by atoms with E-state index in [-0.39, 0.29) is 36.7 Å². The zero-order valence-corrected chi connectivity index (χ0v) is 30.5. The molecular formula is C40H48N4O5S. The number of carbonyl (C=O) groups excluding carboxylic acids is 2. The first kappa shape index (κ1) is 36.7. The van der Waals surface area contributed by atoms with Crippen LogP contribution in [-0.2, 0) is 21.4 Å². The maximum Gasteiger partial charge on any atom is 0.312 e. The summed E-state index contributed by atoms with van der Waals surface area (Å²) in [5.74, 6) is -0.127. The molecule has 0 saturated carbocycles. The van der Waals surface area contributed by atoms with Crippen LogP contribution in [0.4, 0.5) is 0 Å². The minimum atomic E-state index is -0.984. The fraction of sp³-hybridized carbons (Fsp3) is 0.425. The predicted molar refractivity (Wildman–Crippen MR) is 197 cm³/mol. The highest BCUT2D eigenvalue weighted by molar-refractivity contribution is 7.14. The summed E-state index contributed by atoms with van der Waals surface area (Å²) in [5.41, 5.74) is 2.49. The Balaban J connectivity index is 1.23. The highest BCUT2D eigenvalue weighted by Crippen LogP contribution is 2.32. The Kier molecular flexibility index (Phi) is 11.7. The zero-order chi connectivity index (χ0) is 35.9. The number of hydrogen-bond donors (Lipinski definition) is 2. The average molecular weight is 697 g/mol. The lowest BCUT2D eigenvalue weighted by atomic mass is 9.81. The van der Waals surface area contributed by atoms with Gasteiger partial charge in [-0.1, -0.05) is 89.8 Å². The minimum Gasteiger partial charge on any atom is -0.494 e. The minimum absolute atomic E-state index is 0.100. The Bertz CT molecular complexity index is 1760. The van der Waals surface area contributed by atoms with E-state index in [2.05, 4.69) is 43.0 Å². The summed E-state index contributed by atoms with van der Waals surface area (Å²) in [6.45, 7) is 11.0. The van der Waals surface area contributed by atoms with Crippen LogP contribution in [0, 0.1) is 5.41 Å². The number of nitrogens with one attached hydrogen (secondary N) is 1. The van der Waals surface area contributed by atoms with E-state index in [4.69, 9.17) is 4.74 Å². The third-order valence-corrected chi connectivity index (χ3v) is 10.6. The molecule has 1 aliphatic heterocycles. The molecular weight excluding hydrogens is 649 g/mol. The lowest BCUT2D eigenvalue weighted by Crippen LogP contribution is -2.64. The van der Waals surface area contributed by atoms with Crippen molar-refractivity contribution in [2.45, 2.75) is 84.6 Å². The van der Waals surface area contributed by atoms with Gasteiger partial charge in [0.1, 0.15) is 11.8 Å². The van der Waals surface area contributed by atoms with E-state index in [1.807, 2.05) is 54.6 Å². The molecule has 2 aromatic heterocycles. The van der Waals surface area contributed by atoms with Crippen molar-refractivity contribution in [2.24, 2.45) is 5.41 Å². The van der Waals surface area contributed by atoms with Crippen molar-refractivity contribution in [2.75, 3.05) is 19.7 Å². The van der Waals surface area contributed by atoms with Crippen molar-refractivity contribution >= 4 is 29.1 Å². The number of carboxylic acids is 1. The Morgan fingerprint density at radius 3 is 2.14 bits per heavy atom. The van der Waals surface area contributed by atoms with E-state index in [9.17, 15) is 19.5 Å². The number of aliphatic carboxylic acids is 1. The average Bonchev–Trinajstić information content (AvgIpc) is 3.60. The van der Waals surface area contributed by atoms with Gasteiger partial charge in [-0.05, 0) is 54.2 Å². The van der Waals surface area contributed by atoms with E-state index >= 15 is 0 Å². The molecule has 0 bridgehead atoms. The second-order valence-electron chi connectivity index (χ2n) is 14.5. The number of carboxylic acid groups (broad SMARTS) is 1. The number of carbonyl (C=O) groups is 3. The molecule has 9 nitrogen and oxygen atoms in total. The normalized spacial score (nSPS) is 14.5. The lowest BCUT2D eigenvalue weighted by molar-refractivity contribution is -0.164. The first-order valence-electron chi connectivity index (χ1n) is 17.4. The summed E-state index contributed by atoms with van der Waals surface area (Å²) in [6.07, 6.45) is 9.88. The Morgan fingerprint density at radius 2 is 1.54 bits per heavy atom. The van der Waals surface area contributed by atoms with Gasteiger partial charge in [0.2, 0.25) is 5.91 Å². The summed E-state index contributed by atoms with van der Waals surface area (Å²) < 4.78 is 5.89. The summed E-state index contributed by atoms with van der Waals surface area (Å²) in [7, 11) is 0. The van der Waals surface area contributed by atoms with Crippen LogP contribution in [0.5, 0.6) is 5.75 Å². The molecule has 50 heavy (non-hydrogen) atoms. The van der Waals surface area contributed by atoms with Crippen LogP contribution in [0.15, 0.2) is 73.1 Å². The number of likely N-dealkylation sites (tertiary alicyclic amines) is 1. The number of aromatic nitrogens is 2. The molecule has 5 rings (SSSR count). The second kappa shape index (κ2) is 16.0. The third kappa shape index (κ3) is 9.15. The van der Waals surface area contributed by atoms with Gasteiger partial charge in [0.05, 0.1) is 16.9 Å². The van der Waals surface area contributed by atoms with Gasteiger partial charge < -0.3 is 20.1 Å². The topological polar surface area (TPSA) is 122 Å². The summed E-state index contributed by atoms with van der Waals surface area (Å²) in [4.78, 5) is 50.9. The van der Waals surface area contributed by atoms with Gasteiger partial charge in [-0.15, -0.1) is 11.3 Å². The summed E-state index contributed by atoms with van der Waals surface area (Å²) in [6, 6.07) is 18.5. The Hall–Kier alpha value is -4.57. The molecule has 1 fully saturated rings. The van der Waals surface area contributed by atoms with Crippen molar-refractivity contribution in [3.63, 3.8) is 0 Å². The first-order chi connectivity index (χ1) is 23.9. The molecule has 1 saturated heterocycles. The van der Waals surface area contributed by atoms with Gasteiger partial charge in [0.15, 0.2) is 5.82 Å². The molecule has 2 amide bonds. The van der Waals surface area contributed by atoms with E-state index in [0.717, 1.165) is 45.9 Å². The van der Waals surface area contributed by atoms with Crippen LogP contribution < -0.4 is 10.1 Å². The van der Waals surface area contributed by atoms with Crippen LogP contribution in [0.1, 0.15) is 86.8 Å². The van der Waals surface area contributed by atoms with Gasteiger partial charge >= 0.3 is 5.97 Å². The standard InChI is InChI=1S/C40H48N4O5S/c1-6-7-8-9-10-21-49-31-17-15-28(16-18-31)30-23-41-35(42-24-30)29-13-11-27(12-14-29)22-32(37(46)44-25-40(5,26-44)38(47)48)43-36(45)33-19-20-34(50-33)39(2,3)4/h11-20,23-24,32H,6-10,21-22,25-26H2,1-5H3,(H,43,45)(H,47,48). The molecule has 1 aliphatic rings. The largest absolute Gasteiger partial charge is 0.494 e. The molecule has 1 atom stereocenters. The molecule has 0 aliphatic carbocycles. The molecule has 3 heterocycles. The maximum absolute atomic E-state index is 13.6. The van der Waals surface area contributed by atoms with Crippen LogP contribution >= 0.6 is 11.3 Å². The van der Waals surface area contributed by atoms with Crippen molar-refractivity contribution in [3.05, 3.63) is 88.4 Å². The lowest BCUT2D eigenvalue weighted by Gasteiger charge is -2.46. The van der Waals surface area contributed by atoms with Gasteiger partial charge in [-0.25, -0.2) is 9.97 Å². The summed E-state index contributed by atoms with van der Waals surface area (Å²) in [5, 5.41) is 12.5. The molecule has 0 radical (unpaired) electrons. The van der Waals surface area contributed by atoms with Crippen LogP contribution in [0.2, 0.25) is 0 Å². The van der Waals surface area contributed by atoms with Crippen molar-refractivity contribution in [1.29, 1.82) is 0 Å². The van der Waals surface area contributed by atoms with Crippen LogP contribution in [0.3, 0.4) is 0 Å². The molecule has 2 aromatic carbocycles. The van der Waals surface area contributed by atoms with Gasteiger partial charge in [-0.2, -0.15) is 0 Å². The van der Waals surface area contributed by atoms with E-state index in [1.165, 1.54) is 41.9 Å². The fourth-order valence-corrected chi connectivity index (χ4v) is 6.86. The molecule has 1 unspecified atom stereocenters. The van der Waals surface area contributed by atoms with Crippen LogP contribution in [-0.4, -0.2) is 63.5 Å². The van der Waals surface area contributed by atoms with Gasteiger partial charge in [-0.3, -0.25) is 14.4 Å². The fourth-order valence-electron chi connectivity index (χ4n) is 5.89. The number of benzene rings is 2. The summed E-state index contributed by atoms with van der Waals surface area (Å²) >= 11 is 1.41. The van der Waals surface area contributed by atoms with Crippen molar-refractivity contribution in [1.82, 2.24) is 20.2 Å². The van der Waals surface area contributed by atoms with Gasteiger partial charge in [0.25, 0.3) is 5.91 Å². The zero-order valence-electron chi connectivity index (χ0n) is 29.7. The number of amides is 2. The second-order valence-corrected chi connectivity index (χ2v) is 15.6. The van der Waals surface area contributed by atoms with E-state index < -0.39 is 17.4 Å². The predicted octanol–water partition coefficient (Wildman–Crippen LogP) is 7.79. The van der Waals surface area contributed by atoms with Crippen LogP contribution in [0.25, 0.3) is 22.5 Å². The molecule has 10 heteroatoms. The quantitative estimate of drug-likeness (QED) is 0.122. The number of thiophene rings is 1. The van der Waals surface area contributed by atoms with Crippen molar-refractivity contribution < 1.29 is 24.2 Å². The highest BCUT2D eigenvalue weighted by Gasteiger charge is 2.48. The molecule has 0 spiro atoms. The number of nitrogens with zero attached hydrogens (tertiary/aromatic N) is 3. The maximum atomic E-state index is 13.6. The number of ether oxygens (including phenoxy) is 1. The Morgan fingerprint density at radius 1 is 0.900 bits per heavy atom. The first-order valence-corrected chi connectivity index (χ1v) is 18.3. The molecule has 4 aromatic rings.